The van der Waals surface area contributed by atoms with Crippen molar-refractivity contribution in [3.05, 3.63) is 82.6 Å². The standard InChI is InChI=1S/C33H40ClF/c1-3-5-6-7-30-22-23-31(32(34)33(30)35)29-20-18-28(19-21-29)27-16-14-26(15-17-27)13-12-25-10-8-24(4-2)9-11-25/h14-25H,3-13H2,1-2H3. The first-order valence-electron chi connectivity index (χ1n) is 13.8. The molecule has 1 saturated carbocycles. The molecule has 0 saturated heterocycles. The molecule has 0 aliphatic heterocycles. The van der Waals surface area contributed by atoms with Crippen molar-refractivity contribution in [2.24, 2.45) is 11.8 Å². The van der Waals surface area contributed by atoms with E-state index in [1.54, 1.807) is 0 Å². The van der Waals surface area contributed by atoms with Gasteiger partial charge in [0.1, 0.15) is 5.82 Å². The molecule has 0 atom stereocenters. The Kier molecular flexibility index (Phi) is 9.44. The van der Waals surface area contributed by atoms with Gasteiger partial charge in [0.25, 0.3) is 0 Å². The Morgan fingerprint density at radius 1 is 0.714 bits per heavy atom. The monoisotopic (exact) mass is 490 g/mol. The molecule has 0 N–H and O–H groups in total. The van der Waals surface area contributed by atoms with E-state index in [1.165, 1.54) is 61.6 Å². The van der Waals surface area contributed by atoms with Gasteiger partial charge in [-0.05, 0) is 65.3 Å². The summed E-state index contributed by atoms with van der Waals surface area (Å²) in [5.41, 5.74) is 6.26. The van der Waals surface area contributed by atoms with Gasteiger partial charge in [-0.15, -0.1) is 0 Å². The predicted molar refractivity (Wildman–Crippen MR) is 150 cm³/mol. The summed E-state index contributed by atoms with van der Waals surface area (Å²) < 4.78 is 14.8. The lowest BCUT2D eigenvalue weighted by atomic mass is 9.78. The molecule has 2 heteroatoms. The normalized spacial score (nSPS) is 18.1. The average Bonchev–Trinajstić information content (AvgIpc) is 2.91. The van der Waals surface area contributed by atoms with Gasteiger partial charge >= 0.3 is 0 Å². The Balaban J connectivity index is 1.37. The highest BCUT2D eigenvalue weighted by atomic mass is 35.5. The molecule has 1 aliphatic carbocycles. The van der Waals surface area contributed by atoms with Crippen LogP contribution in [0.1, 0.15) is 82.8 Å². The molecule has 3 aromatic rings. The maximum absolute atomic E-state index is 14.8. The molecule has 0 unspecified atom stereocenters. The van der Waals surface area contributed by atoms with Gasteiger partial charge in [-0.3, -0.25) is 0 Å². The number of aryl methyl sites for hydroxylation is 2. The van der Waals surface area contributed by atoms with E-state index in [2.05, 4.69) is 50.2 Å². The van der Waals surface area contributed by atoms with Crippen molar-refractivity contribution < 1.29 is 4.39 Å². The van der Waals surface area contributed by atoms with E-state index >= 15 is 0 Å². The van der Waals surface area contributed by atoms with Crippen molar-refractivity contribution in [3.8, 4) is 22.3 Å². The summed E-state index contributed by atoms with van der Waals surface area (Å²) >= 11 is 6.45. The topological polar surface area (TPSA) is 0 Å². The minimum Gasteiger partial charge on any atom is -0.205 e. The van der Waals surface area contributed by atoms with Crippen LogP contribution < -0.4 is 0 Å². The van der Waals surface area contributed by atoms with Crippen LogP contribution in [0.25, 0.3) is 22.3 Å². The summed E-state index contributed by atoms with van der Waals surface area (Å²) in [7, 11) is 0. The van der Waals surface area contributed by atoms with Crippen molar-refractivity contribution in [2.75, 3.05) is 0 Å². The lowest BCUT2D eigenvalue weighted by Crippen LogP contribution is -2.14. The first kappa shape index (κ1) is 26.0. The molecular formula is C33H40ClF. The number of unbranched alkanes of at least 4 members (excludes halogenated alkanes) is 2. The maximum atomic E-state index is 14.8. The molecule has 4 rings (SSSR count). The van der Waals surface area contributed by atoms with Gasteiger partial charge < -0.3 is 0 Å². The van der Waals surface area contributed by atoms with Gasteiger partial charge in [-0.25, -0.2) is 4.39 Å². The molecule has 0 spiro atoms. The Morgan fingerprint density at radius 3 is 1.94 bits per heavy atom. The van der Waals surface area contributed by atoms with Crippen LogP contribution in [0.4, 0.5) is 4.39 Å². The molecule has 1 aliphatic rings. The lowest BCUT2D eigenvalue weighted by molar-refractivity contribution is 0.259. The minimum absolute atomic E-state index is 0.235. The third kappa shape index (κ3) is 6.76. The second-order valence-electron chi connectivity index (χ2n) is 10.5. The quantitative estimate of drug-likeness (QED) is 0.248. The minimum atomic E-state index is -0.265. The highest BCUT2D eigenvalue weighted by Crippen LogP contribution is 2.35. The van der Waals surface area contributed by atoms with Gasteiger partial charge in [0, 0.05) is 5.56 Å². The molecule has 0 nitrogen and oxygen atoms in total. The van der Waals surface area contributed by atoms with Gasteiger partial charge in [0.05, 0.1) is 5.02 Å². The van der Waals surface area contributed by atoms with Crippen LogP contribution in [0, 0.1) is 17.7 Å². The van der Waals surface area contributed by atoms with E-state index in [1.807, 2.05) is 24.3 Å². The zero-order valence-corrected chi connectivity index (χ0v) is 22.2. The Hall–Kier alpha value is -2.12. The summed E-state index contributed by atoms with van der Waals surface area (Å²) in [5.74, 6) is 1.62. The van der Waals surface area contributed by atoms with Crippen molar-refractivity contribution in [3.63, 3.8) is 0 Å². The largest absolute Gasteiger partial charge is 0.205 e. The highest BCUT2D eigenvalue weighted by molar-refractivity contribution is 6.33. The summed E-state index contributed by atoms with van der Waals surface area (Å²) in [6.45, 7) is 4.49. The number of rotatable bonds is 10. The van der Waals surface area contributed by atoms with E-state index in [4.69, 9.17) is 11.6 Å². The predicted octanol–water partition coefficient (Wildman–Crippen LogP) is 10.7. The van der Waals surface area contributed by atoms with Crippen LogP contribution in [-0.2, 0) is 12.8 Å². The van der Waals surface area contributed by atoms with Crippen molar-refractivity contribution in [1.82, 2.24) is 0 Å². The maximum Gasteiger partial charge on any atom is 0.145 e. The molecule has 1 fully saturated rings. The summed E-state index contributed by atoms with van der Waals surface area (Å²) in [5, 5.41) is 0.235. The molecule has 186 valence electrons. The molecule has 0 aromatic heterocycles. The first-order valence-corrected chi connectivity index (χ1v) is 14.1. The highest BCUT2D eigenvalue weighted by Gasteiger charge is 2.19. The average molecular weight is 491 g/mol. The van der Waals surface area contributed by atoms with E-state index in [-0.39, 0.29) is 10.8 Å². The third-order valence-corrected chi connectivity index (χ3v) is 8.45. The van der Waals surface area contributed by atoms with Gasteiger partial charge in [-0.1, -0.05) is 131 Å². The molecule has 3 aromatic carbocycles. The summed E-state index contributed by atoms with van der Waals surface area (Å²) in [6, 6.07) is 21.2. The second-order valence-corrected chi connectivity index (χ2v) is 10.8. The number of halogens is 2. The summed E-state index contributed by atoms with van der Waals surface area (Å²) in [4.78, 5) is 0. The SMILES string of the molecule is CCCCCc1ccc(-c2ccc(-c3ccc(CCC4CCC(CC)CC4)cc3)cc2)c(Cl)c1F. The first-order chi connectivity index (χ1) is 17.1. The molecule has 35 heavy (non-hydrogen) atoms. The van der Waals surface area contributed by atoms with Crippen LogP contribution in [0.3, 0.4) is 0 Å². The van der Waals surface area contributed by atoms with E-state index in [9.17, 15) is 4.39 Å². The van der Waals surface area contributed by atoms with E-state index in [0.717, 1.165) is 54.2 Å². The molecule has 0 heterocycles. The van der Waals surface area contributed by atoms with Crippen LogP contribution >= 0.6 is 11.6 Å². The lowest BCUT2D eigenvalue weighted by Gasteiger charge is -2.27. The van der Waals surface area contributed by atoms with E-state index < -0.39 is 0 Å². The number of hydrogen-bond donors (Lipinski definition) is 0. The van der Waals surface area contributed by atoms with Crippen molar-refractivity contribution >= 4 is 11.6 Å². The van der Waals surface area contributed by atoms with Crippen LogP contribution in [0.5, 0.6) is 0 Å². The third-order valence-electron chi connectivity index (χ3n) is 8.08. The molecule has 0 amide bonds. The second kappa shape index (κ2) is 12.7. The Labute approximate surface area is 216 Å². The molecule has 0 radical (unpaired) electrons. The fourth-order valence-electron chi connectivity index (χ4n) is 5.58. The van der Waals surface area contributed by atoms with Gasteiger partial charge in [-0.2, -0.15) is 0 Å². The van der Waals surface area contributed by atoms with Crippen LogP contribution in [0.2, 0.25) is 5.02 Å². The zero-order valence-electron chi connectivity index (χ0n) is 21.5. The Bertz CT molecular complexity index is 1060. The zero-order chi connectivity index (χ0) is 24.6. The fourth-order valence-corrected chi connectivity index (χ4v) is 5.87. The number of benzene rings is 3. The Morgan fingerprint density at radius 2 is 1.31 bits per heavy atom. The molecule has 0 bridgehead atoms. The van der Waals surface area contributed by atoms with Crippen LogP contribution in [0.15, 0.2) is 60.7 Å². The van der Waals surface area contributed by atoms with Gasteiger partial charge in [0.2, 0.25) is 0 Å². The van der Waals surface area contributed by atoms with Crippen LogP contribution in [-0.4, -0.2) is 0 Å². The van der Waals surface area contributed by atoms with Crippen molar-refractivity contribution in [1.29, 1.82) is 0 Å². The molecular weight excluding hydrogens is 451 g/mol. The summed E-state index contributed by atoms with van der Waals surface area (Å²) in [6.07, 6.45) is 13.5. The smallest absolute Gasteiger partial charge is 0.145 e. The van der Waals surface area contributed by atoms with Gasteiger partial charge in [0.15, 0.2) is 0 Å². The van der Waals surface area contributed by atoms with Crippen molar-refractivity contribution in [2.45, 2.75) is 84.5 Å². The number of hydrogen-bond acceptors (Lipinski definition) is 0. The van der Waals surface area contributed by atoms with E-state index in [0.29, 0.717) is 0 Å². The fraction of sp³-hybridized carbons (Fsp3) is 0.455.